The first-order valence-corrected chi connectivity index (χ1v) is 11.7. The molecular weight excluding hydrogens is 288 g/mol. The van der Waals surface area contributed by atoms with E-state index >= 15 is 0 Å². The third-order valence-electron chi connectivity index (χ3n) is 5.22. The Kier molecular flexibility index (Phi) is 7.39. The summed E-state index contributed by atoms with van der Waals surface area (Å²) in [4.78, 5) is 0. The van der Waals surface area contributed by atoms with Crippen LogP contribution in [-0.4, -0.2) is 21.8 Å². The second-order valence-corrected chi connectivity index (χ2v) is 10.2. The maximum Gasteiger partial charge on any atom is 0.338 e. The van der Waals surface area contributed by atoms with E-state index in [1.807, 2.05) is 0 Å². The first kappa shape index (κ1) is 18.0. The first-order chi connectivity index (χ1) is 10.7. The Morgan fingerprint density at radius 2 is 1.59 bits per heavy atom. The summed E-state index contributed by atoms with van der Waals surface area (Å²) >= 11 is 0. The zero-order chi connectivity index (χ0) is 15.8. The summed E-state index contributed by atoms with van der Waals surface area (Å²) in [5.41, 5.74) is 3.91. The lowest BCUT2D eigenvalue weighted by Gasteiger charge is -2.33. The molecule has 0 saturated carbocycles. The number of hydrogen-bond acceptors (Lipinski definition) is 2. The highest BCUT2D eigenvalue weighted by Crippen LogP contribution is 2.39. The van der Waals surface area contributed by atoms with Crippen molar-refractivity contribution in [3.05, 3.63) is 23.3 Å². The molecule has 0 saturated heterocycles. The second kappa shape index (κ2) is 9.04. The smallest absolute Gasteiger partial charge is 0.338 e. The van der Waals surface area contributed by atoms with E-state index < -0.39 is 8.56 Å². The maximum absolute atomic E-state index is 6.14. The van der Waals surface area contributed by atoms with E-state index in [0.29, 0.717) is 5.54 Å². The van der Waals surface area contributed by atoms with E-state index in [9.17, 15) is 0 Å². The minimum absolute atomic E-state index is 0.632. The van der Waals surface area contributed by atoms with Crippen molar-refractivity contribution in [2.75, 3.05) is 13.2 Å². The van der Waals surface area contributed by atoms with Gasteiger partial charge in [-0.2, -0.15) is 0 Å². The van der Waals surface area contributed by atoms with E-state index in [0.717, 1.165) is 13.2 Å². The Bertz CT molecular complexity index is 394. The number of allylic oxidation sites excluding steroid dienone is 4. The van der Waals surface area contributed by atoms with Crippen molar-refractivity contribution in [1.82, 2.24) is 0 Å². The lowest BCUT2D eigenvalue weighted by Crippen LogP contribution is -2.44. The zero-order valence-corrected chi connectivity index (χ0v) is 15.8. The molecule has 0 bridgehead atoms. The van der Waals surface area contributed by atoms with Crippen molar-refractivity contribution in [2.45, 2.75) is 83.7 Å². The van der Waals surface area contributed by atoms with Gasteiger partial charge < -0.3 is 8.85 Å². The van der Waals surface area contributed by atoms with Crippen molar-refractivity contribution in [1.29, 1.82) is 0 Å². The summed E-state index contributed by atoms with van der Waals surface area (Å²) in [7, 11) is -2.02. The highest BCUT2D eigenvalue weighted by atomic mass is 28.4. The first-order valence-electron chi connectivity index (χ1n) is 9.36. The molecule has 0 aromatic carbocycles. The Labute approximate surface area is 138 Å². The van der Waals surface area contributed by atoms with Gasteiger partial charge in [0.2, 0.25) is 0 Å². The van der Waals surface area contributed by atoms with Crippen molar-refractivity contribution in [2.24, 2.45) is 0 Å². The largest absolute Gasteiger partial charge is 0.394 e. The maximum atomic E-state index is 6.14. The van der Waals surface area contributed by atoms with E-state index in [-0.39, 0.29) is 0 Å². The fraction of sp³-hybridized carbons (Fsp3) is 0.789. The average molecular weight is 323 g/mol. The van der Waals surface area contributed by atoms with Crippen LogP contribution in [-0.2, 0) is 8.85 Å². The molecule has 0 amide bonds. The monoisotopic (exact) mass is 322 g/mol. The Morgan fingerprint density at radius 1 is 0.909 bits per heavy atom. The predicted octanol–water partition coefficient (Wildman–Crippen LogP) is 5.89. The van der Waals surface area contributed by atoms with E-state index in [4.69, 9.17) is 8.85 Å². The van der Waals surface area contributed by atoms with Gasteiger partial charge in [0, 0.05) is 18.8 Å². The van der Waals surface area contributed by atoms with Gasteiger partial charge in [0.15, 0.2) is 0 Å². The minimum atomic E-state index is -2.02. The third-order valence-corrected chi connectivity index (χ3v) is 9.01. The Hall–Kier alpha value is -0.383. The van der Waals surface area contributed by atoms with Gasteiger partial charge in [-0.05, 0) is 82.9 Å². The van der Waals surface area contributed by atoms with Crippen LogP contribution in [0.3, 0.4) is 0 Å². The topological polar surface area (TPSA) is 18.5 Å². The molecular formula is C19H34O2Si. The lowest BCUT2D eigenvalue weighted by molar-refractivity contribution is 0.175. The second-order valence-electron chi connectivity index (χ2n) is 6.75. The highest BCUT2D eigenvalue weighted by Gasteiger charge is 2.40. The molecule has 2 nitrogen and oxygen atoms in total. The van der Waals surface area contributed by atoms with E-state index in [1.165, 1.54) is 57.8 Å². The van der Waals surface area contributed by atoms with Gasteiger partial charge in [0.05, 0.1) is 0 Å². The molecule has 0 spiro atoms. The van der Waals surface area contributed by atoms with E-state index in [2.05, 4.69) is 32.5 Å². The summed E-state index contributed by atoms with van der Waals surface area (Å²) < 4.78 is 12.3. The molecule has 22 heavy (non-hydrogen) atoms. The van der Waals surface area contributed by atoms with Crippen LogP contribution >= 0.6 is 0 Å². The Morgan fingerprint density at radius 3 is 2.32 bits per heavy atom. The van der Waals surface area contributed by atoms with Crippen LogP contribution < -0.4 is 0 Å². The third kappa shape index (κ3) is 4.80. The lowest BCUT2D eigenvalue weighted by atomic mass is 9.97. The molecule has 0 heterocycles. The molecule has 0 fully saturated rings. The van der Waals surface area contributed by atoms with E-state index in [1.54, 1.807) is 11.1 Å². The molecule has 0 aromatic rings. The average Bonchev–Trinajstić information content (AvgIpc) is 2.90. The zero-order valence-electron chi connectivity index (χ0n) is 14.8. The molecule has 0 radical (unpaired) electrons. The number of hydrogen-bond donors (Lipinski definition) is 0. The van der Waals surface area contributed by atoms with Crippen molar-refractivity contribution >= 4 is 8.56 Å². The van der Waals surface area contributed by atoms with Crippen LogP contribution in [0.1, 0.15) is 71.6 Å². The highest BCUT2D eigenvalue weighted by molar-refractivity contribution is 6.67. The number of rotatable bonds is 6. The minimum Gasteiger partial charge on any atom is -0.394 e. The van der Waals surface area contributed by atoms with Crippen LogP contribution in [0.15, 0.2) is 23.3 Å². The molecule has 2 aliphatic carbocycles. The van der Waals surface area contributed by atoms with Gasteiger partial charge in [-0.15, -0.1) is 0 Å². The van der Waals surface area contributed by atoms with Gasteiger partial charge in [-0.25, -0.2) is 0 Å². The van der Waals surface area contributed by atoms with Crippen LogP contribution in [0.25, 0.3) is 0 Å². The van der Waals surface area contributed by atoms with Crippen LogP contribution in [0.4, 0.5) is 0 Å². The summed E-state index contributed by atoms with van der Waals surface area (Å²) in [6.07, 6.45) is 16.6. The van der Waals surface area contributed by atoms with Gasteiger partial charge in [0.25, 0.3) is 0 Å². The molecule has 1 atom stereocenters. The van der Waals surface area contributed by atoms with Gasteiger partial charge in [-0.1, -0.05) is 18.6 Å². The van der Waals surface area contributed by atoms with Gasteiger partial charge in [0.1, 0.15) is 0 Å². The van der Waals surface area contributed by atoms with Crippen LogP contribution in [0.2, 0.25) is 12.1 Å². The normalized spacial score (nSPS) is 24.2. The molecule has 3 heteroatoms. The van der Waals surface area contributed by atoms with Crippen molar-refractivity contribution in [3.63, 3.8) is 0 Å². The fourth-order valence-electron chi connectivity index (χ4n) is 4.01. The summed E-state index contributed by atoms with van der Waals surface area (Å²) in [6.45, 7) is 8.04. The predicted molar refractivity (Wildman–Crippen MR) is 96.3 cm³/mol. The molecule has 126 valence electrons. The van der Waals surface area contributed by atoms with Crippen LogP contribution in [0, 0.1) is 0 Å². The van der Waals surface area contributed by atoms with Gasteiger partial charge in [-0.3, -0.25) is 0 Å². The van der Waals surface area contributed by atoms with Gasteiger partial charge >= 0.3 is 8.56 Å². The van der Waals surface area contributed by atoms with Crippen LogP contribution in [0.5, 0.6) is 0 Å². The molecule has 0 aliphatic heterocycles. The molecule has 2 aliphatic rings. The molecule has 1 unspecified atom stereocenters. The molecule has 0 N–H and O–H groups in total. The summed E-state index contributed by atoms with van der Waals surface area (Å²) in [5.74, 6) is 0. The SMILES string of the molecule is CCO[Si](C)(OCC)C1CCC=C(C2=CCCCCC2)CC1. The molecule has 0 aromatic heterocycles. The standard InChI is InChI=1S/C19H34O2Si/c1-4-20-22(3,21-5-2)19-14-10-13-18(15-16-19)17-11-8-6-7-9-12-17/h11,13,19H,4-10,12,14-16H2,1-3H3. The molecule has 2 rings (SSSR count). The summed E-state index contributed by atoms with van der Waals surface area (Å²) in [6, 6.07) is 0. The quantitative estimate of drug-likeness (QED) is 0.567. The van der Waals surface area contributed by atoms with Crippen molar-refractivity contribution < 1.29 is 8.85 Å². The fourth-order valence-corrected chi connectivity index (χ4v) is 7.07. The van der Waals surface area contributed by atoms with Crippen molar-refractivity contribution in [3.8, 4) is 0 Å². The summed E-state index contributed by atoms with van der Waals surface area (Å²) in [5, 5.41) is 0. The Balaban J connectivity index is 2.00.